The molecule has 5 heteroatoms. The fourth-order valence-electron chi connectivity index (χ4n) is 1.70. The molecule has 3 nitrogen and oxygen atoms in total. The summed E-state index contributed by atoms with van der Waals surface area (Å²) in [5.41, 5.74) is 0.709. The van der Waals surface area contributed by atoms with Gasteiger partial charge in [0.25, 0.3) is 0 Å². The minimum atomic E-state index is -3.45. The molecule has 19 heavy (non-hydrogen) atoms. The van der Waals surface area contributed by atoms with Crippen molar-refractivity contribution in [3.8, 4) is 0 Å². The van der Waals surface area contributed by atoms with Gasteiger partial charge in [-0.1, -0.05) is 48.3 Å². The van der Waals surface area contributed by atoms with E-state index in [1.54, 1.807) is 12.1 Å². The fourth-order valence-corrected chi connectivity index (χ4v) is 3.90. The molecule has 1 atom stereocenters. The van der Waals surface area contributed by atoms with Gasteiger partial charge in [-0.25, -0.2) is 13.1 Å². The Kier molecular flexibility index (Phi) is 6.02. The van der Waals surface area contributed by atoms with Gasteiger partial charge in [-0.2, -0.15) is 0 Å². The Morgan fingerprint density at radius 1 is 1.21 bits per heavy atom. The molecule has 0 aliphatic rings. The van der Waals surface area contributed by atoms with E-state index in [2.05, 4.69) is 27.6 Å². The molecule has 1 unspecified atom stereocenters. The van der Waals surface area contributed by atoms with Gasteiger partial charge in [-0.15, -0.1) is 0 Å². The Morgan fingerprint density at radius 2 is 1.79 bits per heavy atom. The van der Waals surface area contributed by atoms with Gasteiger partial charge in [0.15, 0.2) is 0 Å². The highest BCUT2D eigenvalue weighted by molar-refractivity contribution is 9.09. The van der Waals surface area contributed by atoms with Crippen LogP contribution in [0.15, 0.2) is 29.2 Å². The number of rotatable bonds is 7. The third-order valence-corrected chi connectivity index (χ3v) is 6.12. The summed E-state index contributed by atoms with van der Waals surface area (Å²) in [6.45, 7) is 5.97. The Morgan fingerprint density at radius 3 is 2.21 bits per heavy atom. The summed E-state index contributed by atoms with van der Waals surface area (Å²) in [4.78, 5) is 0.327. The molecule has 0 fully saturated rings. The normalized spacial score (nSPS) is 15.2. The molecule has 1 N–H and O–H groups in total. The number of hydrogen-bond donors (Lipinski definition) is 1. The van der Waals surface area contributed by atoms with E-state index < -0.39 is 15.6 Å². The highest BCUT2D eigenvalue weighted by atomic mass is 79.9. The van der Waals surface area contributed by atoms with Gasteiger partial charge >= 0.3 is 0 Å². The van der Waals surface area contributed by atoms with Crippen LogP contribution >= 0.6 is 15.9 Å². The zero-order valence-electron chi connectivity index (χ0n) is 11.7. The van der Waals surface area contributed by atoms with Crippen LogP contribution in [0.1, 0.15) is 39.2 Å². The van der Waals surface area contributed by atoms with Gasteiger partial charge in [0, 0.05) is 10.9 Å². The first kappa shape index (κ1) is 16.7. The van der Waals surface area contributed by atoms with Crippen molar-refractivity contribution in [3.63, 3.8) is 0 Å². The topological polar surface area (TPSA) is 46.2 Å². The molecule has 108 valence electrons. The average molecular weight is 348 g/mol. The summed E-state index contributed by atoms with van der Waals surface area (Å²) in [5.74, 6) is 0. The minimum Gasteiger partial charge on any atom is -0.207 e. The van der Waals surface area contributed by atoms with Crippen molar-refractivity contribution >= 4 is 26.0 Å². The molecule has 1 aromatic rings. The third-order valence-electron chi connectivity index (χ3n) is 3.23. The molecule has 0 amide bonds. The predicted octanol–water partition coefficient (Wildman–Crippen LogP) is 3.48. The predicted molar refractivity (Wildman–Crippen MR) is 83.2 cm³/mol. The van der Waals surface area contributed by atoms with Gasteiger partial charge in [-0.3, -0.25) is 0 Å². The minimum absolute atomic E-state index is 0.327. The molecule has 0 radical (unpaired) electrons. The second-order valence-corrected chi connectivity index (χ2v) is 7.29. The first-order valence-corrected chi connectivity index (χ1v) is 9.16. The molecule has 0 spiro atoms. The SMILES string of the molecule is CCCc1ccc(S(=O)(=O)NC(C)(CC)CBr)cc1. The Labute approximate surface area is 125 Å². The van der Waals surface area contributed by atoms with E-state index in [1.807, 2.05) is 26.0 Å². The van der Waals surface area contributed by atoms with E-state index in [9.17, 15) is 8.42 Å². The molecule has 0 aromatic heterocycles. The number of benzene rings is 1. The zero-order valence-corrected chi connectivity index (χ0v) is 14.1. The summed E-state index contributed by atoms with van der Waals surface area (Å²) in [5, 5.41) is 0.587. The Balaban J connectivity index is 2.94. The quantitative estimate of drug-likeness (QED) is 0.767. The number of sulfonamides is 1. The molecule has 0 bridgehead atoms. The van der Waals surface area contributed by atoms with Gasteiger partial charge in [-0.05, 0) is 37.5 Å². The maximum absolute atomic E-state index is 12.3. The van der Waals surface area contributed by atoms with E-state index in [0.717, 1.165) is 19.3 Å². The summed E-state index contributed by atoms with van der Waals surface area (Å²) in [6.07, 6.45) is 2.76. The van der Waals surface area contributed by atoms with E-state index >= 15 is 0 Å². The van der Waals surface area contributed by atoms with Crippen LogP contribution in [-0.2, 0) is 16.4 Å². The van der Waals surface area contributed by atoms with E-state index in [0.29, 0.717) is 10.2 Å². The van der Waals surface area contributed by atoms with Gasteiger partial charge in [0.1, 0.15) is 0 Å². The summed E-state index contributed by atoms with van der Waals surface area (Å²) in [6, 6.07) is 7.13. The maximum atomic E-state index is 12.3. The van der Waals surface area contributed by atoms with Crippen LogP contribution in [0, 0.1) is 0 Å². The summed E-state index contributed by atoms with van der Waals surface area (Å²) < 4.78 is 27.4. The fraction of sp³-hybridized carbons (Fsp3) is 0.571. The van der Waals surface area contributed by atoms with Crippen molar-refractivity contribution in [1.82, 2.24) is 4.72 Å². The van der Waals surface area contributed by atoms with Crippen LogP contribution in [0.3, 0.4) is 0 Å². The molecule has 0 aliphatic heterocycles. The molecule has 0 aliphatic carbocycles. The van der Waals surface area contributed by atoms with Crippen molar-refractivity contribution in [1.29, 1.82) is 0 Å². The molecule has 0 saturated carbocycles. The van der Waals surface area contributed by atoms with Crippen LogP contribution in [-0.4, -0.2) is 19.3 Å². The smallest absolute Gasteiger partial charge is 0.207 e. The highest BCUT2D eigenvalue weighted by Gasteiger charge is 2.27. The molecule has 0 saturated heterocycles. The second-order valence-electron chi connectivity index (χ2n) is 5.05. The van der Waals surface area contributed by atoms with Crippen molar-refractivity contribution in [3.05, 3.63) is 29.8 Å². The standard InChI is InChI=1S/C14H22BrNO2S/c1-4-6-12-7-9-13(10-8-12)19(17,18)16-14(3,5-2)11-15/h7-10,16H,4-6,11H2,1-3H3. The van der Waals surface area contributed by atoms with Crippen molar-refractivity contribution in [2.45, 2.75) is 50.5 Å². The third kappa shape index (κ3) is 4.58. The largest absolute Gasteiger partial charge is 0.241 e. The average Bonchev–Trinajstić information content (AvgIpc) is 2.39. The van der Waals surface area contributed by atoms with Crippen molar-refractivity contribution in [2.75, 3.05) is 5.33 Å². The first-order chi connectivity index (χ1) is 8.87. The van der Waals surface area contributed by atoms with Gasteiger partial charge in [0.05, 0.1) is 4.90 Å². The lowest BCUT2D eigenvalue weighted by molar-refractivity contribution is 0.449. The number of aryl methyl sites for hydroxylation is 1. The molecule has 0 heterocycles. The molecule has 1 aromatic carbocycles. The molecular formula is C14H22BrNO2S. The number of nitrogens with one attached hydrogen (secondary N) is 1. The summed E-state index contributed by atoms with van der Waals surface area (Å²) in [7, 11) is -3.45. The van der Waals surface area contributed by atoms with Gasteiger partial charge < -0.3 is 0 Å². The van der Waals surface area contributed by atoms with E-state index in [1.165, 1.54) is 5.56 Å². The van der Waals surface area contributed by atoms with Crippen molar-refractivity contribution < 1.29 is 8.42 Å². The Bertz CT molecular complexity index is 493. The number of hydrogen-bond acceptors (Lipinski definition) is 2. The monoisotopic (exact) mass is 347 g/mol. The van der Waals surface area contributed by atoms with Crippen LogP contribution in [0.25, 0.3) is 0 Å². The van der Waals surface area contributed by atoms with Crippen LogP contribution in [0.2, 0.25) is 0 Å². The lowest BCUT2D eigenvalue weighted by Gasteiger charge is -2.26. The Hall–Kier alpha value is -0.390. The van der Waals surface area contributed by atoms with E-state index in [-0.39, 0.29) is 0 Å². The highest BCUT2D eigenvalue weighted by Crippen LogP contribution is 2.18. The molecule has 1 rings (SSSR count). The second kappa shape index (κ2) is 6.86. The zero-order chi connectivity index (χ0) is 14.5. The van der Waals surface area contributed by atoms with Crippen LogP contribution < -0.4 is 4.72 Å². The van der Waals surface area contributed by atoms with Gasteiger partial charge in [0.2, 0.25) is 10.0 Å². The van der Waals surface area contributed by atoms with Crippen LogP contribution in [0.5, 0.6) is 0 Å². The van der Waals surface area contributed by atoms with E-state index in [4.69, 9.17) is 0 Å². The van der Waals surface area contributed by atoms with Crippen molar-refractivity contribution in [2.24, 2.45) is 0 Å². The summed E-state index contributed by atoms with van der Waals surface area (Å²) >= 11 is 3.36. The molecular weight excluding hydrogens is 326 g/mol. The lowest BCUT2D eigenvalue weighted by atomic mass is 10.0. The number of halogens is 1. The first-order valence-electron chi connectivity index (χ1n) is 6.56. The lowest BCUT2D eigenvalue weighted by Crippen LogP contribution is -2.46. The maximum Gasteiger partial charge on any atom is 0.241 e. The number of alkyl halides is 1. The van der Waals surface area contributed by atoms with Crippen LogP contribution in [0.4, 0.5) is 0 Å².